The molecular weight excluding hydrogens is 338 g/mol. The number of carbonyl (C=O) groups excluding carboxylic acids is 1. The Balaban J connectivity index is 1.33. The Morgan fingerprint density at radius 2 is 2.11 bits per heavy atom. The van der Waals surface area contributed by atoms with Crippen molar-refractivity contribution in [2.75, 3.05) is 32.8 Å². The van der Waals surface area contributed by atoms with Gasteiger partial charge in [0.15, 0.2) is 0 Å². The van der Waals surface area contributed by atoms with E-state index in [1.807, 2.05) is 42.5 Å². The van der Waals surface area contributed by atoms with Crippen LogP contribution in [-0.4, -0.2) is 48.6 Å². The number of hydrogen-bond acceptors (Lipinski definition) is 4. The normalized spacial score (nSPS) is 19.6. The van der Waals surface area contributed by atoms with Crippen LogP contribution < -0.4 is 10.1 Å². The first-order valence-electron chi connectivity index (χ1n) is 9.98. The summed E-state index contributed by atoms with van der Waals surface area (Å²) in [6.07, 6.45) is 8.95. The molecule has 1 atom stereocenters. The molecule has 2 aliphatic heterocycles. The minimum Gasteiger partial charge on any atom is -0.494 e. The van der Waals surface area contributed by atoms with Crippen molar-refractivity contribution in [2.45, 2.75) is 25.7 Å². The number of pyridine rings is 1. The fourth-order valence-corrected chi connectivity index (χ4v) is 3.85. The molecule has 1 N–H and O–H groups in total. The summed E-state index contributed by atoms with van der Waals surface area (Å²) in [6.45, 7) is 4.40. The second-order valence-corrected chi connectivity index (χ2v) is 7.44. The molecule has 3 heterocycles. The van der Waals surface area contributed by atoms with Gasteiger partial charge in [-0.25, -0.2) is 4.98 Å². The van der Waals surface area contributed by atoms with Gasteiger partial charge in [0.25, 0.3) is 5.91 Å². The van der Waals surface area contributed by atoms with Crippen molar-refractivity contribution in [2.24, 2.45) is 5.92 Å². The van der Waals surface area contributed by atoms with Crippen molar-refractivity contribution < 1.29 is 9.53 Å². The highest BCUT2D eigenvalue weighted by Gasteiger charge is 2.18. The van der Waals surface area contributed by atoms with Gasteiger partial charge in [0.2, 0.25) is 0 Å². The van der Waals surface area contributed by atoms with Gasteiger partial charge in [-0.15, -0.1) is 0 Å². The molecule has 1 amide bonds. The molecule has 0 bridgehead atoms. The smallest absolute Gasteiger partial charge is 0.273 e. The van der Waals surface area contributed by atoms with Crippen LogP contribution in [0.5, 0.6) is 5.75 Å². The molecule has 2 aliphatic rings. The largest absolute Gasteiger partial charge is 0.494 e. The quantitative estimate of drug-likeness (QED) is 0.630. The highest BCUT2D eigenvalue weighted by molar-refractivity contribution is 5.95. The predicted molar refractivity (Wildman–Crippen MR) is 107 cm³/mol. The van der Waals surface area contributed by atoms with E-state index in [9.17, 15) is 4.79 Å². The molecule has 1 saturated heterocycles. The van der Waals surface area contributed by atoms with Crippen molar-refractivity contribution in [3.63, 3.8) is 0 Å². The first-order valence-corrected chi connectivity index (χ1v) is 9.98. The fraction of sp³-hybridized carbons (Fsp3) is 0.455. The van der Waals surface area contributed by atoms with Gasteiger partial charge >= 0.3 is 0 Å². The van der Waals surface area contributed by atoms with E-state index in [1.54, 1.807) is 4.90 Å². The number of hydrogen-bond donors (Lipinski definition) is 1. The van der Waals surface area contributed by atoms with Crippen LogP contribution in [0, 0.1) is 5.92 Å². The molecule has 2 aromatic rings. The van der Waals surface area contributed by atoms with Crippen LogP contribution in [0.25, 0.3) is 10.9 Å². The number of fused-ring (bicyclic) bond motifs is 1. The van der Waals surface area contributed by atoms with Crippen LogP contribution in [0.15, 0.2) is 42.5 Å². The minimum atomic E-state index is -0.0144. The van der Waals surface area contributed by atoms with Gasteiger partial charge in [0.05, 0.1) is 12.1 Å². The van der Waals surface area contributed by atoms with E-state index >= 15 is 0 Å². The molecule has 1 aromatic carbocycles. The average molecular weight is 365 g/mol. The van der Waals surface area contributed by atoms with Crippen molar-refractivity contribution in [3.05, 3.63) is 48.2 Å². The second kappa shape index (κ2) is 8.53. The molecule has 4 rings (SSSR count). The highest BCUT2D eigenvalue weighted by Crippen LogP contribution is 2.22. The molecule has 5 nitrogen and oxygen atoms in total. The predicted octanol–water partition coefficient (Wildman–Crippen LogP) is 3.41. The molecule has 1 fully saturated rings. The third-order valence-corrected chi connectivity index (χ3v) is 5.41. The van der Waals surface area contributed by atoms with E-state index < -0.39 is 0 Å². The van der Waals surface area contributed by atoms with Crippen molar-refractivity contribution in [3.8, 4) is 5.75 Å². The summed E-state index contributed by atoms with van der Waals surface area (Å²) < 4.78 is 5.93. The molecule has 142 valence electrons. The number of carbonyl (C=O) groups is 1. The molecule has 0 aliphatic carbocycles. The fourth-order valence-electron chi connectivity index (χ4n) is 3.85. The van der Waals surface area contributed by atoms with Crippen LogP contribution in [0.3, 0.4) is 0 Å². The summed E-state index contributed by atoms with van der Waals surface area (Å²) in [6, 6.07) is 9.66. The van der Waals surface area contributed by atoms with Crippen LogP contribution >= 0.6 is 0 Å². The lowest BCUT2D eigenvalue weighted by Gasteiger charge is -2.22. The van der Waals surface area contributed by atoms with Gasteiger partial charge < -0.3 is 15.0 Å². The summed E-state index contributed by atoms with van der Waals surface area (Å²) in [7, 11) is 0. The maximum Gasteiger partial charge on any atom is 0.273 e. The maximum absolute atomic E-state index is 12.5. The van der Waals surface area contributed by atoms with Gasteiger partial charge in [-0.2, -0.15) is 0 Å². The number of ether oxygens (including phenoxy) is 1. The van der Waals surface area contributed by atoms with Gasteiger partial charge in [0.1, 0.15) is 11.4 Å². The van der Waals surface area contributed by atoms with Crippen LogP contribution in [0.4, 0.5) is 0 Å². The molecular formula is C22H27N3O2. The maximum atomic E-state index is 12.5. The molecule has 1 unspecified atom stereocenters. The summed E-state index contributed by atoms with van der Waals surface area (Å²) in [5.41, 5.74) is 1.33. The zero-order valence-corrected chi connectivity index (χ0v) is 15.7. The molecule has 0 saturated carbocycles. The topological polar surface area (TPSA) is 54.5 Å². The summed E-state index contributed by atoms with van der Waals surface area (Å²) in [5, 5.41) is 4.47. The number of rotatable bonds is 6. The summed E-state index contributed by atoms with van der Waals surface area (Å²) in [5.74, 6) is 1.65. The lowest BCUT2D eigenvalue weighted by Crippen LogP contribution is -2.29. The Kier molecular flexibility index (Phi) is 5.68. The zero-order chi connectivity index (χ0) is 18.5. The van der Waals surface area contributed by atoms with Crippen molar-refractivity contribution in [1.82, 2.24) is 15.2 Å². The number of benzene rings is 1. The number of piperidine rings is 1. The Hall–Kier alpha value is -2.40. The Morgan fingerprint density at radius 1 is 1.22 bits per heavy atom. The summed E-state index contributed by atoms with van der Waals surface area (Å²) >= 11 is 0. The van der Waals surface area contributed by atoms with Gasteiger partial charge in [-0.05, 0) is 69.0 Å². The minimum absolute atomic E-state index is 0.0144. The van der Waals surface area contributed by atoms with Crippen molar-refractivity contribution in [1.29, 1.82) is 0 Å². The molecule has 0 spiro atoms. The average Bonchev–Trinajstić information content (AvgIpc) is 3.26. The number of nitrogens with one attached hydrogen (secondary N) is 1. The van der Waals surface area contributed by atoms with E-state index in [1.165, 1.54) is 25.8 Å². The Morgan fingerprint density at radius 3 is 2.93 bits per heavy atom. The number of nitrogens with zero attached hydrogens (tertiary/aromatic N) is 2. The molecule has 1 aromatic heterocycles. The first-order chi connectivity index (χ1) is 13.3. The van der Waals surface area contributed by atoms with Crippen LogP contribution in [0.2, 0.25) is 0 Å². The highest BCUT2D eigenvalue weighted by atomic mass is 16.5. The lowest BCUT2D eigenvalue weighted by molar-refractivity contribution is 0.0794. The summed E-state index contributed by atoms with van der Waals surface area (Å²) in [4.78, 5) is 18.8. The number of aromatic nitrogens is 1. The van der Waals surface area contributed by atoms with E-state index in [0.717, 1.165) is 42.1 Å². The standard InChI is InChI=1S/C22H27N3O2/c26-22(25-12-1-2-13-25)21-9-7-18-15-19(8-10-20(18)24-21)27-14-4-6-17-5-3-11-23-16-17/h1-2,7-10,15,17,23H,3-6,11-14,16H2. The van der Waals surface area contributed by atoms with E-state index in [4.69, 9.17) is 4.74 Å². The van der Waals surface area contributed by atoms with Crippen LogP contribution in [0.1, 0.15) is 36.2 Å². The molecule has 0 radical (unpaired) electrons. The SMILES string of the molecule is O=C(c1ccc2cc(OCCCC3CCCNC3)ccc2n1)N1CC=CC1. The van der Waals surface area contributed by atoms with E-state index in [2.05, 4.69) is 10.3 Å². The van der Waals surface area contributed by atoms with Crippen molar-refractivity contribution >= 4 is 16.8 Å². The van der Waals surface area contributed by atoms with Gasteiger partial charge in [-0.1, -0.05) is 18.2 Å². The van der Waals surface area contributed by atoms with Gasteiger partial charge in [-0.3, -0.25) is 4.79 Å². The second-order valence-electron chi connectivity index (χ2n) is 7.44. The van der Waals surface area contributed by atoms with Crippen LogP contribution in [-0.2, 0) is 0 Å². The number of amides is 1. The lowest BCUT2D eigenvalue weighted by atomic mass is 9.95. The van der Waals surface area contributed by atoms with E-state index in [-0.39, 0.29) is 5.91 Å². The first kappa shape index (κ1) is 18.0. The molecule has 5 heteroatoms. The van der Waals surface area contributed by atoms with E-state index in [0.29, 0.717) is 18.8 Å². The Bertz CT molecular complexity index is 819. The third-order valence-electron chi connectivity index (χ3n) is 5.41. The molecule has 27 heavy (non-hydrogen) atoms. The Labute approximate surface area is 160 Å². The zero-order valence-electron chi connectivity index (χ0n) is 15.7. The van der Waals surface area contributed by atoms with Gasteiger partial charge in [0, 0.05) is 18.5 Å². The monoisotopic (exact) mass is 365 g/mol. The third kappa shape index (κ3) is 4.48.